The minimum absolute atomic E-state index is 0.691. The van der Waals surface area contributed by atoms with Crippen LogP contribution in [0.4, 0.5) is 0 Å². The maximum Gasteiger partial charge on any atom is 0.160 e. The van der Waals surface area contributed by atoms with Gasteiger partial charge in [-0.3, -0.25) is 0 Å². The highest BCUT2D eigenvalue weighted by Gasteiger charge is 2.20. The summed E-state index contributed by atoms with van der Waals surface area (Å²) in [5, 5.41) is 7.06. The molecular formula is C112H74N6. The van der Waals surface area contributed by atoms with Crippen molar-refractivity contribution < 1.29 is 0 Å². The van der Waals surface area contributed by atoms with E-state index < -0.39 is 0 Å². The summed E-state index contributed by atoms with van der Waals surface area (Å²) in [5.41, 5.74) is 32.2. The van der Waals surface area contributed by atoms with Crippen molar-refractivity contribution >= 4 is 43.4 Å². The van der Waals surface area contributed by atoms with Crippen LogP contribution in [0.1, 0.15) is 0 Å². The van der Waals surface area contributed by atoms with Crippen LogP contribution >= 0.6 is 0 Å². The number of para-hydroxylation sites is 2. The van der Waals surface area contributed by atoms with E-state index in [-0.39, 0.29) is 0 Å². The highest BCUT2D eigenvalue weighted by atomic mass is 14.9. The summed E-state index contributed by atoms with van der Waals surface area (Å²) in [4.78, 5) is 30.7. The van der Waals surface area contributed by atoms with Gasteiger partial charge in [0, 0.05) is 76.8 Å². The molecule has 6 heteroatoms. The molecule has 4 aromatic heterocycles. The molecule has 4 heterocycles. The van der Waals surface area contributed by atoms with Crippen LogP contribution in [0.3, 0.4) is 0 Å². The fourth-order valence-corrected chi connectivity index (χ4v) is 16.2. The summed E-state index contributed by atoms with van der Waals surface area (Å²) in [7, 11) is 0. The van der Waals surface area contributed by atoms with E-state index in [4.69, 9.17) is 29.9 Å². The number of hydrogen-bond acceptors (Lipinski definition) is 6. The number of hydrogen-bond donors (Lipinski definition) is 0. The Labute approximate surface area is 685 Å². The van der Waals surface area contributed by atoms with Gasteiger partial charge in [-0.1, -0.05) is 425 Å². The van der Waals surface area contributed by atoms with Crippen LogP contribution in [0.5, 0.6) is 0 Å². The van der Waals surface area contributed by atoms with Crippen LogP contribution in [0.2, 0.25) is 0 Å². The fourth-order valence-electron chi connectivity index (χ4n) is 16.2. The summed E-state index contributed by atoms with van der Waals surface area (Å²) in [5.74, 6) is 1.39. The molecule has 0 spiro atoms. The quantitative estimate of drug-likeness (QED) is 0.0952. The molecule has 6 nitrogen and oxygen atoms in total. The van der Waals surface area contributed by atoms with Gasteiger partial charge in [-0.05, 0) is 102 Å². The summed E-state index contributed by atoms with van der Waals surface area (Å²) < 4.78 is 0. The number of nitrogens with zero attached hydrogens (tertiary/aromatic N) is 6. The van der Waals surface area contributed by atoms with Crippen LogP contribution in [0.25, 0.3) is 212 Å². The van der Waals surface area contributed by atoms with Crippen molar-refractivity contribution in [3.63, 3.8) is 0 Å². The van der Waals surface area contributed by atoms with Gasteiger partial charge in [-0.15, -0.1) is 0 Å². The summed E-state index contributed by atoms with van der Waals surface area (Å²) in [6.07, 6.45) is 0. The zero-order chi connectivity index (χ0) is 78.5. The lowest BCUT2D eigenvalue weighted by Crippen LogP contribution is -1.96. The molecule has 17 aromatic carbocycles. The Hall–Kier alpha value is -15.8. The molecule has 0 unspecified atom stereocenters. The Morgan fingerprint density at radius 1 is 0.127 bits per heavy atom. The van der Waals surface area contributed by atoms with Crippen LogP contribution in [0, 0.1) is 0 Å². The Bertz CT molecular complexity index is 7060. The third-order valence-corrected chi connectivity index (χ3v) is 22.3. The molecule has 0 atom stereocenters. The van der Waals surface area contributed by atoms with E-state index in [1.165, 1.54) is 55.3 Å². The van der Waals surface area contributed by atoms with E-state index in [9.17, 15) is 0 Å². The van der Waals surface area contributed by atoms with Crippen molar-refractivity contribution in [2.75, 3.05) is 0 Å². The predicted octanol–water partition coefficient (Wildman–Crippen LogP) is 29.4. The highest BCUT2D eigenvalue weighted by Crippen LogP contribution is 2.43. The Morgan fingerprint density at radius 3 is 0.619 bits per heavy atom. The van der Waals surface area contributed by atoms with E-state index in [0.29, 0.717) is 11.6 Å². The first kappa shape index (κ1) is 71.3. The summed E-state index contributed by atoms with van der Waals surface area (Å²) in [6.45, 7) is 0. The van der Waals surface area contributed by atoms with Crippen molar-refractivity contribution in [1.82, 2.24) is 29.9 Å². The first-order chi connectivity index (χ1) is 58.5. The number of rotatable bonds is 15. The van der Waals surface area contributed by atoms with Crippen molar-refractivity contribution in [2.45, 2.75) is 0 Å². The minimum atomic E-state index is 0.691. The molecule has 0 amide bonds. The lowest BCUT2D eigenvalue weighted by atomic mass is 9.92. The Balaban J connectivity index is 0.000000152. The van der Waals surface area contributed by atoms with Crippen molar-refractivity contribution in [3.05, 3.63) is 449 Å². The van der Waals surface area contributed by atoms with Gasteiger partial charge in [0.15, 0.2) is 11.6 Å². The second-order valence-corrected chi connectivity index (χ2v) is 29.6. The number of fused-ring (bicyclic) bond motifs is 6. The molecule has 0 radical (unpaired) electrons. The maximum absolute atomic E-state index is 5.17. The first-order valence-corrected chi connectivity index (χ1v) is 39.9. The van der Waals surface area contributed by atoms with E-state index in [1.807, 2.05) is 42.5 Å². The van der Waals surface area contributed by atoms with E-state index in [2.05, 4.69) is 406 Å². The predicted molar refractivity (Wildman–Crippen MR) is 491 cm³/mol. The fraction of sp³-hybridized carbons (Fsp3) is 0. The normalized spacial score (nSPS) is 11.2. The SMILES string of the molecule is c1ccc(-c2ccc(-c3cc(-c4ccc(-c5ccc(-c6cccc7c(-c8ccccc8)nc8ccccc8c67)cc5)cc4)nc(-c4ccc(-c5ccccc5)cc4)n3)cc2)cc1.c1ccc(-c2ccc(-c3nc(-c4ccccc4)cc(-c4ccc(-c5ccc(-c6cccc7c(-c8ccccc8)nc8ccccc8c67)cc5)cc4)n3)cc2)cc1. The van der Waals surface area contributed by atoms with Crippen LogP contribution in [-0.2, 0) is 0 Å². The summed E-state index contributed by atoms with van der Waals surface area (Å²) >= 11 is 0. The maximum atomic E-state index is 5.17. The molecule has 0 saturated heterocycles. The van der Waals surface area contributed by atoms with Crippen LogP contribution in [-0.4, -0.2) is 29.9 Å². The van der Waals surface area contributed by atoms with Crippen LogP contribution < -0.4 is 0 Å². The molecule has 21 aromatic rings. The van der Waals surface area contributed by atoms with Crippen molar-refractivity contribution in [1.29, 1.82) is 0 Å². The highest BCUT2D eigenvalue weighted by molar-refractivity contribution is 6.18. The van der Waals surface area contributed by atoms with Crippen LogP contribution in [0.15, 0.2) is 449 Å². The van der Waals surface area contributed by atoms with E-state index >= 15 is 0 Å². The zero-order valence-electron chi connectivity index (χ0n) is 64.4. The topological polar surface area (TPSA) is 77.3 Å². The van der Waals surface area contributed by atoms with Gasteiger partial charge in [-0.25, -0.2) is 29.9 Å². The molecule has 0 saturated carbocycles. The Kier molecular flexibility index (Phi) is 19.3. The summed E-state index contributed by atoms with van der Waals surface area (Å²) in [6, 6.07) is 158. The van der Waals surface area contributed by atoms with Gasteiger partial charge in [0.1, 0.15) is 0 Å². The van der Waals surface area contributed by atoms with Gasteiger partial charge in [0.05, 0.1) is 45.2 Å². The van der Waals surface area contributed by atoms with Crippen molar-refractivity contribution in [3.8, 4) is 168 Å². The third kappa shape index (κ3) is 14.6. The molecule has 0 bridgehead atoms. The lowest BCUT2D eigenvalue weighted by molar-refractivity contribution is 1.18. The molecule has 0 fully saturated rings. The first-order valence-electron chi connectivity index (χ1n) is 39.9. The van der Waals surface area contributed by atoms with Gasteiger partial charge in [0.2, 0.25) is 0 Å². The smallest absolute Gasteiger partial charge is 0.160 e. The molecule has 552 valence electrons. The molecular weight excluding hydrogens is 1430 g/mol. The Morgan fingerprint density at radius 2 is 0.331 bits per heavy atom. The third-order valence-electron chi connectivity index (χ3n) is 22.3. The second-order valence-electron chi connectivity index (χ2n) is 29.6. The number of pyridine rings is 2. The van der Waals surface area contributed by atoms with Crippen molar-refractivity contribution in [2.24, 2.45) is 0 Å². The monoisotopic (exact) mass is 1500 g/mol. The van der Waals surface area contributed by atoms with Gasteiger partial charge in [0.25, 0.3) is 0 Å². The van der Waals surface area contributed by atoms with Gasteiger partial charge in [-0.2, -0.15) is 0 Å². The zero-order valence-corrected chi connectivity index (χ0v) is 64.4. The number of aromatic nitrogens is 6. The standard InChI is InChI=1S/C59H39N3.C53H35N3/c1-4-13-40(14-5-1)42-25-33-47(34-26-42)55-39-56(62-59(61-55)50-37-29-43(30-38-50)41-15-6-2-7-16-41)48-35-27-45(28-36-48)44-23-31-46(32-24-44)51-20-12-21-53-57(51)52-19-10-11-22-54(52)60-58(53)49-17-8-3-9-18-49;1-4-13-36(14-5-1)37-27-33-44(34-28-37)53-55-49(41-15-6-2-7-16-41)35-50(56-53)42-31-25-39(26-32-42)38-23-29-40(30-24-38)45-20-12-21-47-51(45)46-19-10-11-22-48(46)54-52(47)43-17-8-3-9-18-43/h1-39H;1-35H. The van der Waals surface area contributed by atoms with E-state index in [0.717, 1.165) is 145 Å². The molecule has 21 rings (SSSR count). The van der Waals surface area contributed by atoms with E-state index in [1.54, 1.807) is 0 Å². The van der Waals surface area contributed by atoms with Gasteiger partial charge < -0.3 is 0 Å². The minimum Gasteiger partial charge on any atom is -0.247 e. The molecule has 0 aliphatic carbocycles. The average molecular weight is 1500 g/mol. The second kappa shape index (κ2) is 32.0. The largest absolute Gasteiger partial charge is 0.247 e. The molecule has 0 aliphatic rings. The van der Waals surface area contributed by atoms with Gasteiger partial charge >= 0.3 is 0 Å². The lowest BCUT2D eigenvalue weighted by Gasteiger charge is -2.14. The number of benzene rings is 17. The molecule has 118 heavy (non-hydrogen) atoms. The molecule has 0 aliphatic heterocycles. The molecule has 0 N–H and O–H groups in total. The average Bonchev–Trinajstić information content (AvgIpc) is 0.749.